The zero-order chi connectivity index (χ0) is 10.2. The van der Waals surface area contributed by atoms with Crippen LogP contribution in [0.15, 0.2) is 12.1 Å². The lowest BCUT2D eigenvalue weighted by atomic mass is 10.4. The van der Waals surface area contributed by atoms with Crippen LogP contribution in [0.5, 0.6) is 0 Å². The lowest BCUT2D eigenvalue weighted by Gasteiger charge is -1.81. The molecule has 0 bridgehead atoms. The molecule has 3 nitrogen and oxygen atoms in total. The summed E-state index contributed by atoms with van der Waals surface area (Å²) in [5.41, 5.74) is 5.25. The van der Waals surface area contributed by atoms with Crippen LogP contribution >= 0.6 is 11.3 Å². The minimum atomic E-state index is 0.238. The van der Waals surface area contributed by atoms with E-state index in [0.29, 0.717) is 6.54 Å². The van der Waals surface area contributed by atoms with Gasteiger partial charge >= 0.3 is 0 Å². The predicted molar refractivity (Wildman–Crippen MR) is 57.3 cm³/mol. The number of hydrogen-bond acceptors (Lipinski definition) is 4. The van der Waals surface area contributed by atoms with Crippen molar-refractivity contribution in [3.05, 3.63) is 21.9 Å². The van der Waals surface area contributed by atoms with Gasteiger partial charge in [0, 0.05) is 0 Å². The van der Waals surface area contributed by atoms with Crippen molar-refractivity contribution in [1.82, 2.24) is 0 Å². The molecule has 0 aliphatic heterocycles. The molecule has 4 heteroatoms. The molecule has 1 aromatic rings. The summed E-state index contributed by atoms with van der Waals surface area (Å²) in [7, 11) is 0. The molecule has 0 aliphatic carbocycles. The van der Waals surface area contributed by atoms with E-state index in [2.05, 4.69) is 28.5 Å². The molecule has 0 atom stereocenters. The van der Waals surface area contributed by atoms with E-state index in [1.807, 2.05) is 12.1 Å². The summed E-state index contributed by atoms with van der Waals surface area (Å²) in [4.78, 5) is 6.24. The Kier molecular flexibility index (Phi) is 4.77. The summed E-state index contributed by atoms with van der Waals surface area (Å²) in [6.45, 7) is 0.613. The van der Waals surface area contributed by atoms with Crippen LogP contribution in [0.2, 0.25) is 0 Å². The van der Waals surface area contributed by atoms with E-state index >= 15 is 0 Å². The van der Waals surface area contributed by atoms with Crippen molar-refractivity contribution in [3.8, 4) is 23.7 Å². The Balaban J connectivity index is 2.65. The maximum Gasteiger partial charge on any atom is 0.129 e. The van der Waals surface area contributed by atoms with Crippen molar-refractivity contribution in [3.63, 3.8) is 0 Å². The van der Waals surface area contributed by atoms with Crippen LogP contribution in [0.1, 0.15) is 9.75 Å². The fourth-order valence-corrected chi connectivity index (χ4v) is 1.53. The summed E-state index contributed by atoms with van der Waals surface area (Å²) in [6.07, 6.45) is 0. The summed E-state index contributed by atoms with van der Waals surface area (Å²) < 4.78 is 0. The van der Waals surface area contributed by atoms with Gasteiger partial charge in [0.05, 0.1) is 16.3 Å². The highest BCUT2D eigenvalue weighted by Gasteiger charge is 1.92. The smallest absolute Gasteiger partial charge is 0.129 e. The summed E-state index contributed by atoms with van der Waals surface area (Å²) in [5, 5.41) is 0. The molecule has 0 spiro atoms. The zero-order valence-corrected chi connectivity index (χ0v) is 8.36. The van der Waals surface area contributed by atoms with Crippen molar-refractivity contribution >= 4 is 11.3 Å². The van der Waals surface area contributed by atoms with Crippen LogP contribution in [0, 0.1) is 23.7 Å². The van der Waals surface area contributed by atoms with Gasteiger partial charge in [-0.05, 0) is 12.1 Å². The van der Waals surface area contributed by atoms with Crippen LogP contribution in [0.4, 0.5) is 0 Å². The van der Waals surface area contributed by atoms with Gasteiger partial charge in [-0.1, -0.05) is 23.7 Å². The van der Waals surface area contributed by atoms with Gasteiger partial charge in [-0.3, -0.25) is 4.84 Å². The standard InChI is InChI=1S/C10H10N2OS/c11-7-1-3-9-5-6-10(14-9)4-2-8-13-12/h5-6H,7-8,11-12H2. The van der Waals surface area contributed by atoms with E-state index in [9.17, 15) is 0 Å². The fourth-order valence-electron chi connectivity index (χ4n) is 0.775. The second kappa shape index (κ2) is 6.20. The summed E-state index contributed by atoms with van der Waals surface area (Å²) in [5.74, 6) is 16.2. The molecular formula is C10H10N2OS. The van der Waals surface area contributed by atoms with Gasteiger partial charge in [0.1, 0.15) is 6.61 Å². The Labute approximate surface area is 87.0 Å². The molecule has 0 fully saturated rings. The Hall–Kier alpha value is -1.30. The molecule has 0 saturated heterocycles. The minimum Gasteiger partial charge on any atom is -0.320 e. The Morgan fingerprint density at radius 3 is 2.43 bits per heavy atom. The van der Waals surface area contributed by atoms with Crippen molar-refractivity contribution in [2.75, 3.05) is 13.2 Å². The quantitative estimate of drug-likeness (QED) is 0.513. The third-order valence-corrected chi connectivity index (χ3v) is 2.20. The number of rotatable bonds is 1. The molecule has 1 aromatic heterocycles. The molecule has 0 aromatic carbocycles. The monoisotopic (exact) mass is 206 g/mol. The lowest BCUT2D eigenvalue weighted by molar-refractivity contribution is 0.173. The lowest BCUT2D eigenvalue weighted by Crippen LogP contribution is -1.97. The molecule has 0 aliphatic rings. The molecule has 1 heterocycles. The van der Waals surface area contributed by atoms with E-state index in [4.69, 9.17) is 11.6 Å². The highest BCUT2D eigenvalue weighted by atomic mass is 32.1. The maximum absolute atomic E-state index is 5.25. The third kappa shape index (κ3) is 3.61. The molecule has 4 N–H and O–H groups in total. The first-order valence-corrected chi connectivity index (χ1v) is 4.78. The van der Waals surface area contributed by atoms with Crippen LogP contribution < -0.4 is 11.6 Å². The highest BCUT2D eigenvalue weighted by molar-refractivity contribution is 7.13. The third-order valence-electron chi connectivity index (χ3n) is 1.29. The van der Waals surface area contributed by atoms with Crippen molar-refractivity contribution in [2.24, 2.45) is 11.6 Å². The van der Waals surface area contributed by atoms with Crippen LogP contribution in [-0.4, -0.2) is 13.2 Å². The topological polar surface area (TPSA) is 61.3 Å². The molecule has 14 heavy (non-hydrogen) atoms. The Morgan fingerprint density at radius 2 is 1.86 bits per heavy atom. The molecule has 72 valence electrons. The van der Waals surface area contributed by atoms with E-state index in [1.165, 1.54) is 11.3 Å². The van der Waals surface area contributed by atoms with Gasteiger partial charge in [0.2, 0.25) is 0 Å². The average molecular weight is 206 g/mol. The van der Waals surface area contributed by atoms with Gasteiger partial charge in [-0.2, -0.15) is 0 Å². The Bertz CT molecular complexity index is 403. The highest BCUT2D eigenvalue weighted by Crippen LogP contribution is 2.13. The van der Waals surface area contributed by atoms with Crippen LogP contribution in [0.25, 0.3) is 0 Å². The summed E-state index contributed by atoms with van der Waals surface area (Å²) in [6, 6.07) is 3.83. The van der Waals surface area contributed by atoms with Crippen molar-refractivity contribution < 1.29 is 4.84 Å². The van der Waals surface area contributed by atoms with Gasteiger partial charge in [0.15, 0.2) is 0 Å². The zero-order valence-electron chi connectivity index (χ0n) is 7.54. The van der Waals surface area contributed by atoms with Gasteiger partial charge in [0.25, 0.3) is 0 Å². The summed E-state index contributed by atoms with van der Waals surface area (Å²) >= 11 is 1.52. The largest absolute Gasteiger partial charge is 0.320 e. The first-order chi connectivity index (χ1) is 6.86. The maximum atomic E-state index is 5.25. The molecule has 0 amide bonds. The van der Waals surface area contributed by atoms with E-state index in [1.54, 1.807) is 0 Å². The van der Waals surface area contributed by atoms with E-state index in [0.717, 1.165) is 9.75 Å². The van der Waals surface area contributed by atoms with Crippen LogP contribution in [-0.2, 0) is 4.84 Å². The second-order valence-electron chi connectivity index (χ2n) is 2.28. The molecule has 1 rings (SSSR count). The van der Waals surface area contributed by atoms with Gasteiger partial charge in [-0.25, -0.2) is 5.90 Å². The van der Waals surface area contributed by atoms with E-state index in [-0.39, 0.29) is 6.61 Å². The van der Waals surface area contributed by atoms with Crippen molar-refractivity contribution in [1.29, 1.82) is 0 Å². The average Bonchev–Trinajstić information content (AvgIpc) is 2.63. The first-order valence-electron chi connectivity index (χ1n) is 3.96. The molecule has 0 saturated carbocycles. The minimum absolute atomic E-state index is 0.238. The number of hydrogen-bond donors (Lipinski definition) is 2. The number of thiophene rings is 1. The second-order valence-corrected chi connectivity index (χ2v) is 3.37. The fraction of sp³-hybridized carbons (Fsp3) is 0.200. The molecule has 0 radical (unpaired) electrons. The Morgan fingerprint density at radius 1 is 1.21 bits per heavy atom. The normalized spacial score (nSPS) is 8.43. The van der Waals surface area contributed by atoms with Crippen LogP contribution in [0.3, 0.4) is 0 Å². The number of nitrogens with two attached hydrogens (primary N) is 2. The molecular weight excluding hydrogens is 196 g/mol. The first kappa shape index (κ1) is 10.8. The van der Waals surface area contributed by atoms with E-state index < -0.39 is 0 Å². The SMILES string of the molecule is NCC#Cc1ccc(C#CCON)s1. The van der Waals surface area contributed by atoms with Gasteiger partial charge < -0.3 is 5.73 Å². The molecule has 0 unspecified atom stereocenters. The van der Waals surface area contributed by atoms with Gasteiger partial charge in [-0.15, -0.1) is 11.3 Å². The predicted octanol–water partition coefficient (Wildman–Crippen LogP) is 0.300. The van der Waals surface area contributed by atoms with Crippen molar-refractivity contribution in [2.45, 2.75) is 0 Å².